The predicted molar refractivity (Wildman–Crippen MR) is 107 cm³/mol. The lowest BCUT2D eigenvalue weighted by Gasteiger charge is -2.28. The van der Waals surface area contributed by atoms with Crippen LogP contribution in [-0.2, 0) is 16.0 Å². The van der Waals surface area contributed by atoms with Crippen LogP contribution in [-0.4, -0.2) is 24.5 Å². The summed E-state index contributed by atoms with van der Waals surface area (Å²) in [5.41, 5.74) is 1.64. The van der Waals surface area contributed by atoms with Gasteiger partial charge < -0.3 is 4.74 Å². The van der Waals surface area contributed by atoms with E-state index in [2.05, 4.69) is 5.32 Å². The Bertz CT molecular complexity index is 984. The Morgan fingerprint density at radius 2 is 1.86 bits per heavy atom. The number of imide groups is 2. The maximum absolute atomic E-state index is 13.0. The maximum Gasteiger partial charge on any atom is 0.335 e. The Balaban J connectivity index is 2.04. The number of barbiturate groups is 1. The first-order valence-electron chi connectivity index (χ1n) is 8.87. The zero-order valence-electron chi connectivity index (χ0n) is 15.5. The second-order valence-corrected chi connectivity index (χ2v) is 6.53. The molecule has 1 aliphatic rings. The summed E-state index contributed by atoms with van der Waals surface area (Å²) in [6.45, 7) is 4.21. The second kappa shape index (κ2) is 8.27. The van der Waals surface area contributed by atoms with E-state index < -0.39 is 17.8 Å². The minimum atomic E-state index is -0.769. The van der Waals surface area contributed by atoms with E-state index in [1.165, 1.54) is 6.08 Å². The molecule has 1 heterocycles. The van der Waals surface area contributed by atoms with Crippen molar-refractivity contribution in [3.8, 4) is 5.75 Å². The number of carbonyl (C=O) groups is 3. The number of aryl methyl sites for hydroxylation is 1. The van der Waals surface area contributed by atoms with Gasteiger partial charge in [0, 0.05) is 5.02 Å². The molecule has 0 bridgehead atoms. The number of benzene rings is 2. The van der Waals surface area contributed by atoms with Crippen molar-refractivity contribution >= 4 is 41.2 Å². The third-order valence-corrected chi connectivity index (χ3v) is 4.45. The molecule has 6 nitrogen and oxygen atoms in total. The van der Waals surface area contributed by atoms with Gasteiger partial charge in [0.05, 0.1) is 12.3 Å². The number of ether oxygens (including phenoxy) is 1. The van der Waals surface area contributed by atoms with Crippen LogP contribution in [0.1, 0.15) is 25.0 Å². The van der Waals surface area contributed by atoms with Gasteiger partial charge in [-0.3, -0.25) is 14.9 Å². The van der Waals surface area contributed by atoms with Gasteiger partial charge >= 0.3 is 6.03 Å². The normalized spacial score (nSPS) is 15.8. The SMILES string of the molecule is CCOc1cc(Cl)cc(/C=C2/C(=O)NC(=O)N(c3ccccc3CC)C2=O)c1. The number of amides is 4. The van der Waals surface area contributed by atoms with Crippen molar-refractivity contribution in [3.05, 3.63) is 64.2 Å². The van der Waals surface area contributed by atoms with Gasteiger partial charge in [-0.1, -0.05) is 36.7 Å². The smallest absolute Gasteiger partial charge is 0.335 e. The summed E-state index contributed by atoms with van der Waals surface area (Å²) < 4.78 is 5.44. The average molecular weight is 399 g/mol. The summed E-state index contributed by atoms with van der Waals surface area (Å²) >= 11 is 6.10. The van der Waals surface area contributed by atoms with Crippen molar-refractivity contribution < 1.29 is 19.1 Å². The van der Waals surface area contributed by atoms with Crippen LogP contribution in [0.3, 0.4) is 0 Å². The Labute approximate surface area is 167 Å². The van der Waals surface area contributed by atoms with Gasteiger partial charge in [0.15, 0.2) is 0 Å². The fourth-order valence-corrected chi connectivity index (χ4v) is 3.22. The van der Waals surface area contributed by atoms with Crippen molar-refractivity contribution in [2.45, 2.75) is 20.3 Å². The van der Waals surface area contributed by atoms with Crippen molar-refractivity contribution in [1.29, 1.82) is 0 Å². The van der Waals surface area contributed by atoms with E-state index in [-0.39, 0.29) is 5.57 Å². The van der Waals surface area contributed by atoms with Gasteiger partial charge in [-0.2, -0.15) is 0 Å². The average Bonchev–Trinajstić information content (AvgIpc) is 2.65. The van der Waals surface area contributed by atoms with Crippen LogP contribution in [0.25, 0.3) is 6.08 Å². The van der Waals surface area contributed by atoms with Crippen LogP contribution < -0.4 is 15.0 Å². The highest BCUT2D eigenvalue weighted by Gasteiger charge is 2.37. The van der Waals surface area contributed by atoms with Crippen molar-refractivity contribution in [2.75, 3.05) is 11.5 Å². The Morgan fingerprint density at radius 3 is 2.57 bits per heavy atom. The molecule has 1 fully saturated rings. The first-order chi connectivity index (χ1) is 13.4. The van der Waals surface area contributed by atoms with E-state index in [1.807, 2.05) is 26.0 Å². The monoisotopic (exact) mass is 398 g/mol. The van der Waals surface area contributed by atoms with Gasteiger partial charge in [-0.15, -0.1) is 0 Å². The Kier molecular flexibility index (Phi) is 5.80. The third-order valence-electron chi connectivity index (χ3n) is 4.23. The summed E-state index contributed by atoms with van der Waals surface area (Å²) in [6, 6.07) is 11.2. The number of para-hydroxylation sites is 1. The fraction of sp³-hybridized carbons (Fsp3) is 0.190. The van der Waals surface area contributed by atoms with E-state index in [9.17, 15) is 14.4 Å². The van der Waals surface area contributed by atoms with Crippen LogP contribution >= 0.6 is 11.6 Å². The first kappa shape index (κ1) is 19.6. The molecule has 7 heteroatoms. The third kappa shape index (κ3) is 3.92. The molecule has 0 radical (unpaired) electrons. The van der Waals surface area contributed by atoms with Crippen LogP contribution in [0.2, 0.25) is 5.02 Å². The predicted octanol–water partition coefficient (Wildman–Crippen LogP) is 3.97. The van der Waals surface area contributed by atoms with Gasteiger partial charge in [0.25, 0.3) is 11.8 Å². The molecule has 1 N–H and O–H groups in total. The molecular formula is C21H19ClN2O4. The number of rotatable bonds is 5. The van der Waals surface area contributed by atoms with Gasteiger partial charge in [0.1, 0.15) is 11.3 Å². The molecule has 28 heavy (non-hydrogen) atoms. The van der Waals surface area contributed by atoms with Gasteiger partial charge in [0.2, 0.25) is 0 Å². The topological polar surface area (TPSA) is 75.7 Å². The minimum absolute atomic E-state index is 0.157. The molecule has 2 aromatic rings. The van der Waals surface area contributed by atoms with E-state index in [1.54, 1.807) is 30.3 Å². The quantitative estimate of drug-likeness (QED) is 0.610. The molecule has 2 aromatic carbocycles. The molecule has 4 amide bonds. The molecule has 0 aliphatic carbocycles. The van der Waals surface area contributed by atoms with Crippen LogP contribution in [0.15, 0.2) is 48.0 Å². The van der Waals surface area contributed by atoms with Crippen LogP contribution in [0.4, 0.5) is 10.5 Å². The summed E-state index contributed by atoms with van der Waals surface area (Å²) in [7, 11) is 0. The van der Waals surface area contributed by atoms with Crippen molar-refractivity contribution in [2.24, 2.45) is 0 Å². The number of halogens is 1. The first-order valence-corrected chi connectivity index (χ1v) is 9.25. The maximum atomic E-state index is 13.0. The van der Waals surface area contributed by atoms with Crippen LogP contribution in [0, 0.1) is 0 Å². The number of carbonyl (C=O) groups excluding carboxylic acids is 3. The number of urea groups is 1. The highest BCUT2D eigenvalue weighted by molar-refractivity contribution is 6.39. The lowest BCUT2D eigenvalue weighted by molar-refractivity contribution is -0.122. The minimum Gasteiger partial charge on any atom is -0.494 e. The molecule has 0 aromatic heterocycles. The summed E-state index contributed by atoms with van der Waals surface area (Å²) in [6.07, 6.45) is 2.03. The molecular weight excluding hydrogens is 380 g/mol. The number of nitrogens with zero attached hydrogens (tertiary/aromatic N) is 1. The molecule has 1 saturated heterocycles. The molecule has 1 aliphatic heterocycles. The van der Waals surface area contributed by atoms with Crippen molar-refractivity contribution in [3.63, 3.8) is 0 Å². The molecule has 0 unspecified atom stereocenters. The van der Waals surface area contributed by atoms with E-state index >= 15 is 0 Å². The largest absolute Gasteiger partial charge is 0.494 e. The van der Waals surface area contributed by atoms with Gasteiger partial charge in [-0.05, 0) is 54.8 Å². The molecule has 0 spiro atoms. The Morgan fingerprint density at radius 1 is 1.11 bits per heavy atom. The lowest BCUT2D eigenvalue weighted by atomic mass is 10.0. The lowest BCUT2D eigenvalue weighted by Crippen LogP contribution is -2.54. The summed E-state index contributed by atoms with van der Waals surface area (Å²) in [4.78, 5) is 38.7. The van der Waals surface area contributed by atoms with E-state index in [0.717, 1.165) is 10.5 Å². The summed E-state index contributed by atoms with van der Waals surface area (Å²) in [5, 5.41) is 2.64. The number of nitrogens with one attached hydrogen (secondary N) is 1. The van der Waals surface area contributed by atoms with Gasteiger partial charge in [-0.25, -0.2) is 9.69 Å². The van der Waals surface area contributed by atoms with Crippen molar-refractivity contribution in [1.82, 2.24) is 5.32 Å². The zero-order valence-corrected chi connectivity index (χ0v) is 16.2. The standard InChI is InChI=1S/C21H19ClN2O4/c1-3-14-7-5-6-8-18(14)24-20(26)17(19(25)23-21(24)27)11-13-9-15(22)12-16(10-13)28-4-2/h5-12H,3-4H2,1-2H3,(H,23,25,27)/b17-11-. The van der Waals surface area contributed by atoms with E-state index in [0.29, 0.717) is 35.1 Å². The molecule has 3 rings (SSSR count). The summed E-state index contributed by atoms with van der Waals surface area (Å²) in [5.74, 6) is -0.916. The highest BCUT2D eigenvalue weighted by atomic mass is 35.5. The number of hydrogen-bond donors (Lipinski definition) is 1. The Hall–Kier alpha value is -3.12. The molecule has 0 atom stereocenters. The number of hydrogen-bond acceptors (Lipinski definition) is 4. The zero-order chi connectivity index (χ0) is 20.3. The second-order valence-electron chi connectivity index (χ2n) is 6.09. The van der Waals surface area contributed by atoms with E-state index in [4.69, 9.17) is 16.3 Å². The fourth-order valence-electron chi connectivity index (χ4n) is 2.99. The van der Waals surface area contributed by atoms with Crippen LogP contribution in [0.5, 0.6) is 5.75 Å². The highest BCUT2D eigenvalue weighted by Crippen LogP contribution is 2.27. The number of anilines is 1. The molecule has 0 saturated carbocycles. The molecule has 144 valence electrons.